The van der Waals surface area contributed by atoms with E-state index in [2.05, 4.69) is 34.6 Å². The monoisotopic (exact) mass is 154 g/mol. The normalized spacial score (nSPS) is 13.8. The van der Waals surface area contributed by atoms with E-state index in [0.717, 1.165) is 6.29 Å². The zero-order valence-corrected chi connectivity index (χ0v) is 8.14. The molecule has 0 aliphatic carbocycles. The highest BCUT2D eigenvalue weighted by Crippen LogP contribution is 2.30. The van der Waals surface area contributed by atoms with Gasteiger partial charge in [-0.25, -0.2) is 0 Å². The molecule has 1 nitrogen and oxygen atoms in total. The van der Waals surface area contributed by atoms with Crippen LogP contribution >= 0.6 is 0 Å². The van der Waals surface area contributed by atoms with Crippen molar-refractivity contribution in [3.8, 4) is 0 Å². The summed E-state index contributed by atoms with van der Waals surface area (Å²) >= 11 is 0. The molecule has 1 heteroatoms. The molecule has 0 unspecified atom stereocenters. The van der Waals surface area contributed by atoms with Gasteiger partial charge < -0.3 is 0 Å². The highest BCUT2D eigenvalue weighted by Gasteiger charge is 2.18. The van der Waals surface area contributed by atoms with E-state index in [4.69, 9.17) is 0 Å². The number of aldehydes is 1. The molecule has 0 saturated heterocycles. The molecule has 0 fully saturated rings. The molecule has 0 rings (SSSR count). The summed E-state index contributed by atoms with van der Waals surface area (Å²) in [6, 6.07) is 0. The lowest BCUT2D eigenvalue weighted by molar-refractivity contribution is -0.104. The molecule has 0 bridgehead atoms. The number of carbonyl (C=O) groups is 1. The lowest BCUT2D eigenvalue weighted by Gasteiger charge is -2.25. The minimum Gasteiger partial charge on any atom is -0.299 e. The van der Waals surface area contributed by atoms with Gasteiger partial charge in [0.05, 0.1) is 0 Å². The molecule has 0 heterocycles. The van der Waals surface area contributed by atoms with Crippen LogP contribution in [0.5, 0.6) is 0 Å². The third-order valence-electron chi connectivity index (χ3n) is 1.74. The Hall–Kier alpha value is -0.590. The van der Waals surface area contributed by atoms with Crippen molar-refractivity contribution in [3.63, 3.8) is 0 Å². The summed E-state index contributed by atoms with van der Waals surface area (Å²) in [4.78, 5) is 10.3. The fraction of sp³-hybridized carbons (Fsp3) is 0.700. The molecule has 0 aliphatic rings. The van der Waals surface area contributed by atoms with Gasteiger partial charge in [0.25, 0.3) is 0 Å². The van der Waals surface area contributed by atoms with E-state index in [9.17, 15) is 4.79 Å². The van der Waals surface area contributed by atoms with Gasteiger partial charge in [-0.1, -0.05) is 40.2 Å². The Bertz CT molecular complexity index is 158. The van der Waals surface area contributed by atoms with Crippen LogP contribution in [-0.4, -0.2) is 6.29 Å². The summed E-state index contributed by atoms with van der Waals surface area (Å²) in [5.74, 6) is 0.459. The van der Waals surface area contributed by atoms with Crippen molar-refractivity contribution in [2.24, 2.45) is 11.3 Å². The first kappa shape index (κ1) is 10.4. The Morgan fingerprint density at radius 2 is 1.73 bits per heavy atom. The summed E-state index contributed by atoms with van der Waals surface area (Å²) in [5, 5.41) is 0. The second-order valence-electron chi connectivity index (χ2n) is 4.16. The third-order valence-corrected chi connectivity index (χ3v) is 1.74. The van der Waals surface area contributed by atoms with Gasteiger partial charge in [0.2, 0.25) is 0 Å². The van der Waals surface area contributed by atoms with Gasteiger partial charge in [-0.2, -0.15) is 0 Å². The van der Waals surface area contributed by atoms with Crippen molar-refractivity contribution in [1.82, 2.24) is 0 Å². The van der Waals surface area contributed by atoms with Gasteiger partial charge in [-0.15, -0.1) is 0 Å². The van der Waals surface area contributed by atoms with E-state index in [0.29, 0.717) is 5.92 Å². The molecule has 0 aliphatic heterocycles. The second kappa shape index (κ2) is 3.70. The van der Waals surface area contributed by atoms with Gasteiger partial charge in [0.1, 0.15) is 6.29 Å². The van der Waals surface area contributed by atoms with Crippen LogP contribution in [-0.2, 0) is 4.79 Å². The summed E-state index contributed by atoms with van der Waals surface area (Å²) in [6.45, 7) is 10.6. The maximum atomic E-state index is 10.3. The van der Waals surface area contributed by atoms with E-state index in [1.807, 2.05) is 0 Å². The van der Waals surface area contributed by atoms with Crippen molar-refractivity contribution < 1.29 is 4.79 Å². The summed E-state index contributed by atoms with van der Waals surface area (Å²) in [6.07, 6.45) is 2.56. The van der Waals surface area contributed by atoms with Gasteiger partial charge in [0.15, 0.2) is 0 Å². The van der Waals surface area contributed by atoms with Crippen LogP contribution in [0, 0.1) is 11.3 Å². The van der Waals surface area contributed by atoms with Crippen molar-refractivity contribution >= 4 is 6.29 Å². The van der Waals surface area contributed by atoms with Crippen LogP contribution in [0.1, 0.15) is 34.6 Å². The first-order chi connectivity index (χ1) is 4.89. The van der Waals surface area contributed by atoms with Crippen molar-refractivity contribution in [1.29, 1.82) is 0 Å². The fourth-order valence-corrected chi connectivity index (χ4v) is 1.38. The van der Waals surface area contributed by atoms with Crippen LogP contribution < -0.4 is 0 Å². The molecule has 0 spiro atoms. The Balaban J connectivity index is 4.62. The predicted octanol–water partition coefficient (Wildman–Crippen LogP) is 2.81. The molecular weight excluding hydrogens is 136 g/mol. The maximum absolute atomic E-state index is 10.3. The van der Waals surface area contributed by atoms with E-state index >= 15 is 0 Å². The van der Waals surface area contributed by atoms with Crippen LogP contribution in [0.25, 0.3) is 0 Å². The zero-order valence-electron chi connectivity index (χ0n) is 8.14. The SMILES string of the molecule is CC(C)/C(=C\C=O)C(C)(C)C. The fourth-order valence-electron chi connectivity index (χ4n) is 1.38. The molecule has 11 heavy (non-hydrogen) atoms. The number of carbonyl (C=O) groups excluding carboxylic acids is 1. The van der Waals surface area contributed by atoms with Gasteiger partial charge in [0, 0.05) is 0 Å². The van der Waals surface area contributed by atoms with Gasteiger partial charge >= 0.3 is 0 Å². The highest BCUT2D eigenvalue weighted by atomic mass is 16.1. The minimum atomic E-state index is 0.120. The van der Waals surface area contributed by atoms with Crippen molar-refractivity contribution in [2.75, 3.05) is 0 Å². The van der Waals surface area contributed by atoms with Crippen LogP contribution in [0.2, 0.25) is 0 Å². The maximum Gasteiger partial charge on any atom is 0.142 e. The Morgan fingerprint density at radius 1 is 1.27 bits per heavy atom. The number of allylic oxidation sites excluding steroid dienone is 2. The molecule has 64 valence electrons. The Kier molecular flexibility index (Phi) is 3.50. The average molecular weight is 154 g/mol. The third kappa shape index (κ3) is 3.35. The second-order valence-corrected chi connectivity index (χ2v) is 4.16. The molecule has 0 N–H and O–H groups in total. The lowest BCUT2D eigenvalue weighted by Crippen LogP contribution is -2.14. The summed E-state index contributed by atoms with van der Waals surface area (Å²) in [7, 11) is 0. The van der Waals surface area contributed by atoms with Crippen molar-refractivity contribution in [2.45, 2.75) is 34.6 Å². The summed E-state index contributed by atoms with van der Waals surface area (Å²) in [5.41, 5.74) is 1.34. The van der Waals surface area contributed by atoms with Crippen LogP contribution in [0.4, 0.5) is 0 Å². The van der Waals surface area contributed by atoms with E-state index < -0.39 is 0 Å². The highest BCUT2D eigenvalue weighted by molar-refractivity contribution is 5.66. The van der Waals surface area contributed by atoms with E-state index in [-0.39, 0.29) is 5.41 Å². The van der Waals surface area contributed by atoms with E-state index in [1.165, 1.54) is 5.57 Å². The van der Waals surface area contributed by atoms with Crippen LogP contribution in [0.3, 0.4) is 0 Å². The first-order valence-corrected chi connectivity index (χ1v) is 4.05. The molecule has 0 aromatic carbocycles. The topological polar surface area (TPSA) is 17.1 Å². The first-order valence-electron chi connectivity index (χ1n) is 4.05. The van der Waals surface area contributed by atoms with Gasteiger partial charge in [-0.3, -0.25) is 4.79 Å². The summed E-state index contributed by atoms with van der Waals surface area (Å²) < 4.78 is 0. The van der Waals surface area contributed by atoms with Crippen molar-refractivity contribution in [3.05, 3.63) is 11.6 Å². The van der Waals surface area contributed by atoms with Crippen LogP contribution in [0.15, 0.2) is 11.6 Å². The van der Waals surface area contributed by atoms with E-state index in [1.54, 1.807) is 6.08 Å². The zero-order chi connectivity index (χ0) is 9.07. The molecule has 0 aromatic heterocycles. The number of rotatable bonds is 2. The lowest BCUT2D eigenvalue weighted by atomic mass is 9.80. The quantitative estimate of drug-likeness (QED) is 0.441. The average Bonchev–Trinajstić information content (AvgIpc) is 1.79. The number of hydrogen-bond acceptors (Lipinski definition) is 1. The predicted molar refractivity (Wildman–Crippen MR) is 48.4 cm³/mol. The molecule has 0 aromatic rings. The largest absolute Gasteiger partial charge is 0.299 e. The molecular formula is C10H18O. The smallest absolute Gasteiger partial charge is 0.142 e. The number of hydrogen-bond donors (Lipinski definition) is 0. The Morgan fingerprint density at radius 3 is 1.82 bits per heavy atom. The Labute approximate surface area is 69.5 Å². The molecule has 0 saturated carbocycles. The minimum absolute atomic E-state index is 0.120. The molecule has 0 radical (unpaired) electrons. The molecule has 0 amide bonds. The van der Waals surface area contributed by atoms with Gasteiger partial charge in [-0.05, 0) is 17.4 Å². The standard InChI is InChI=1S/C10H18O/c1-8(2)9(6-7-11)10(3,4)5/h6-8H,1-5H3/b9-6+. The molecule has 0 atom stereocenters.